The van der Waals surface area contributed by atoms with E-state index < -0.39 is 11.6 Å². The molecule has 1 aromatic carbocycles. The van der Waals surface area contributed by atoms with Gasteiger partial charge < -0.3 is 5.32 Å². The Morgan fingerprint density at radius 3 is 2.65 bits per heavy atom. The van der Waals surface area contributed by atoms with Crippen LogP contribution in [0.15, 0.2) is 23.8 Å². The van der Waals surface area contributed by atoms with Crippen molar-refractivity contribution in [3.8, 4) is 0 Å². The number of halogens is 2. The van der Waals surface area contributed by atoms with Crippen LogP contribution < -0.4 is 5.32 Å². The number of allylic oxidation sites excluding steroid dienone is 1. The predicted octanol–water partition coefficient (Wildman–Crippen LogP) is 3.64. The lowest BCUT2D eigenvalue weighted by Crippen LogP contribution is -2.21. The first-order chi connectivity index (χ1) is 8.15. The summed E-state index contributed by atoms with van der Waals surface area (Å²) in [6.45, 7) is 1.66. The molecule has 0 saturated carbocycles. The number of rotatable bonds is 3. The van der Waals surface area contributed by atoms with Crippen LogP contribution in [0.1, 0.15) is 36.4 Å². The van der Waals surface area contributed by atoms with Crippen LogP contribution in [-0.4, -0.2) is 7.05 Å². The molecule has 1 nitrogen and oxygen atoms in total. The van der Waals surface area contributed by atoms with Crippen LogP contribution in [0.5, 0.6) is 0 Å². The van der Waals surface area contributed by atoms with Crippen molar-refractivity contribution in [2.24, 2.45) is 0 Å². The molecule has 92 valence electrons. The summed E-state index contributed by atoms with van der Waals surface area (Å²) >= 11 is 0. The van der Waals surface area contributed by atoms with Gasteiger partial charge in [0.15, 0.2) is 0 Å². The molecular formula is C14H17F2N. The zero-order valence-corrected chi connectivity index (χ0v) is 10.2. The van der Waals surface area contributed by atoms with E-state index in [1.54, 1.807) is 14.0 Å². The highest BCUT2D eigenvalue weighted by molar-refractivity contribution is 5.35. The largest absolute Gasteiger partial charge is 0.309 e. The maximum absolute atomic E-state index is 14.0. The topological polar surface area (TPSA) is 12.0 Å². The van der Waals surface area contributed by atoms with Crippen LogP contribution in [0.4, 0.5) is 8.78 Å². The van der Waals surface area contributed by atoms with Crippen molar-refractivity contribution in [3.05, 3.63) is 46.5 Å². The number of hydrogen-bond donors (Lipinski definition) is 1. The van der Waals surface area contributed by atoms with E-state index in [-0.39, 0.29) is 11.6 Å². The van der Waals surface area contributed by atoms with Gasteiger partial charge >= 0.3 is 0 Å². The van der Waals surface area contributed by atoms with E-state index in [0.29, 0.717) is 5.56 Å². The van der Waals surface area contributed by atoms with Crippen LogP contribution >= 0.6 is 0 Å². The number of benzene rings is 1. The quantitative estimate of drug-likeness (QED) is 0.791. The lowest BCUT2D eigenvalue weighted by atomic mass is 9.95. The fraction of sp³-hybridized carbons (Fsp3) is 0.429. The summed E-state index contributed by atoms with van der Waals surface area (Å²) in [7, 11) is 1.74. The third kappa shape index (κ3) is 2.25. The monoisotopic (exact) mass is 237 g/mol. The zero-order chi connectivity index (χ0) is 12.4. The van der Waals surface area contributed by atoms with E-state index in [2.05, 4.69) is 11.4 Å². The molecule has 0 heterocycles. The fourth-order valence-corrected chi connectivity index (χ4v) is 2.42. The van der Waals surface area contributed by atoms with Gasteiger partial charge in [-0.1, -0.05) is 17.7 Å². The van der Waals surface area contributed by atoms with Gasteiger partial charge in [-0.05, 0) is 44.9 Å². The van der Waals surface area contributed by atoms with Gasteiger partial charge in [0.05, 0.1) is 6.04 Å². The smallest absolute Gasteiger partial charge is 0.134 e. The van der Waals surface area contributed by atoms with E-state index in [9.17, 15) is 8.78 Å². The third-order valence-electron chi connectivity index (χ3n) is 3.34. The Hall–Kier alpha value is -1.22. The van der Waals surface area contributed by atoms with E-state index >= 15 is 0 Å². The highest BCUT2D eigenvalue weighted by atomic mass is 19.1. The van der Waals surface area contributed by atoms with Gasteiger partial charge in [-0.25, -0.2) is 8.78 Å². The summed E-state index contributed by atoms with van der Waals surface area (Å²) in [4.78, 5) is 0. The van der Waals surface area contributed by atoms with Gasteiger partial charge in [0, 0.05) is 5.56 Å². The Balaban J connectivity index is 2.46. The minimum absolute atomic E-state index is 0.153. The van der Waals surface area contributed by atoms with Gasteiger partial charge in [-0.15, -0.1) is 0 Å². The van der Waals surface area contributed by atoms with Crippen molar-refractivity contribution < 1.29 is 8.78 Å². The summed E-state index contributed by atoms with van der Waals surface area (Å²) in [6.07, 6.45) is 5.08. The molecule has 0 spiro atoms. The maximum Gasteiger partial charge on any atom is 0.134 e. The second-order valence-corrected chi connectivity index (χ2v) is 4.48. The van der Waals surface area contributed by atoms with Gasteiger partial charge in [0.2, 0.25) is 0 Å². The lowest BCUT2D eigenvalue weighted by Gasteiger charge is -2.20. The second-order valence-electron chi connectivity index (χ2n) is 4.48. The Labute approximate surface area is 101 Å². The molecule has 1 aliphatic rings. The van der Waals surface area contributed by atoms with Crippen LogP contribution in [0.3, 0.4) is 0 Å². The van der Waals surface area contributed by atoms with Crippen molar-refractivity contribution in [1.29, 1.82) is 0 Å². The highest BCUT2D eigenvalue weighted by Crippen LogP contribution is 2.33. The van der Waals surface area contributed by atoms with Crippen LogP contribution in [-0.2, 0) is 0 Å². The summed E-state index contributed by atoms with van der Waals surface area (Å²) < 4.78 is 27.9. The molecule has 0 fully saturated rings. The summed E-state index contributed by atoms with van der Waals surface area (Å²) in [6, 6.07) is 2.48. The van der Waals surface area contributed by atoms with E-state index in [1.807, 2.05) is 0 Å². The number of likely N-dealkylation sites (N-methyl/N-ethyl adjacent to an activating group) is 1. The summed E-state index contributed by atoms with van der Waals surface area (Å²) in [5, 5.41) is 3.02. The average molecular weight is 237 g/mol. The molecule has 1 unspecified atom stereocenters. The number of hydrogen-bond acceptors (Lipinski definition) is 1. The Morgan fingerprint density at radius 2 is 2.06 bits per heavy atom. The van der Waals surface area contributed by atoms with E-state index in [1.165, 1.54) is 12.1 Å². The van der Waals surface area contributed by atoms with Crippen molar-refractivity contribution >= 4 is 0 Å². The highest BCUT2D eigenvalue weighted by Gasteiger charge is 2.24. The molecule has 0 aliphatic heterocycles. The minimum atomic E-state index is -0.472. The minimum Gasteiger partial charge on any atom is -0.309 e. The van der Waals surface area contributed by atoms with Crippen molar-refractivity contribution in [1.82, 2.24) is 5.32 Å². The number of nitrogens with one attached hydrogen (secondary N) is 1. The summed E-state index contributed by atoms with van der Waals surface area (Å²) in [5.41, 5.74) is 1.73. The van der Waals surface area contributed by atoms with Crippen molar-refractivity contribution in [2.45, 2.75) is 32.2 Å². The normalized spacial score (nSPS) is 17.1. The Bertz CT molecular complexity index is 452. The first-order valence-electron chi connectivity index (χ1n) is 5.96. The SMILES string of the molecule is CNC(C1=CCCC1)c1c(F)ccc(C)c1F. The second kappa shape index (κ2) is 4.96. The molecule has 0 aromatic heterocycles. The predicted molar refractivity (Wildman–Crippen MR) is 64.8 cm³/mol. The Morgan fingerprint density at radius 1 is 1.29 bits per heavy atom. The molecule has 2 rings (SSSR count). The first-order valence-corrected chi connectivity index (χ1v) is 5.96. The molecular weight excluding hydrogens is 220 g/mol. The van der Waals surface area contributed by atoms with Crippen molar-refractivity contribution in [3.63, 3.8) is 0 Å². The molecule has 17 heavy (non-hydrogen) atoms. The van der Waals surface area contributed by atoms with Gasteiger partial charge in [-0.3, -0.25) is 0 Å². The van der Waals surface area contributed by atoms with Gasteiger partial charge in [0.1, 0.15) is 11.6 Å². The molecule has 1 atom stereocenters. The molecule has 0 radical (unpaired) electrons. The van der Waals surface area contributed by atoms with Gasteiger partial charge in [-0.2, -0.15) is 0 Å². The van der Waals surface area contributed by atoms with E-state index in [4.69, 9.17) is 0 Å². The van der Waals surface area contributed by atoms with Crippen LogP contribution in [0, 0.1) is 18.6 Å². The third-order valence-corrected chi connectivity index (χ3v) is 3.34. The first kappa shape index (κ1) is 12.2. The number of aryl methyl sites for hydroxylation is 1. The van der Waals surface area contributed by atoms with Crippen molar-refractivity contribution in [2.75, 3.05) is 7.05 Å². The zero-order valence-electron chi connectivity index (χ0n) is 10.2. The molecule has 0 amide bonds. The fourth-order valence-electron chi connectivity index (χ4n) is 2.42. The molecule has 1 aliphatic carbocycles. The molecule has 0 saturated heterocycles. The molecule has 0 bridgehead atoms. The summed E-state index contributed by atoms with van der Waals surface area (Å²) in [5.74, 6) is -0.905. The molecule has 1 N–H and O–H groups in total. The van der Waals surface area contributed by atoms with Gasteiger partial charge in [0.25, 0.3) is 0 Å². The Kier molecular flexibility index (Phi) is 3.57. The average Bonchev–Trinajstić information content (AvgIpc) is 2.83. The van der Waals surface area contributed by atoms with E-state index in [0.717, 1.165) is 24.8 Å². The lowest BCUT2D eigenvalue weighted by molar-refractivity contribution is 0.511. The molecule has 3 heteroatoms. The maximum atomic E-state index is 14.0. The van der Waals surface area contributed by atoms with Crippen LogP contribution in [0.2, 0.25) is 0 Å². The standard InChI is InChI=1S/C14H17F2N/c1-9-7-8-11(15)12(13(9)16)14(17-2)10-5-3-4-6-10/h5,7-8,14,17H,3-4,6H2,1-2H3. The molecule has 1 aromatic rings. The van der Waals surface area contributed by atoms with Crippen LogP contribution in [0.25, 0.3) is 0 Å².